The van der Waals surface area contributed by atoms with E-state index in [2.05, 4.69) is 49.2 Å². The van der Waals surface area contributed by atoms with Gasteiger partial charge in [0.05, 0.1) is 13.2 Å². The number of methoxy groups -OCH3 is 2. The topological polar surface area (TPSA) is 33.7 Å². The van der Waals surface area contributed by atoms with Crippen LogP contribution < -0.4 is 10.2 Å². The van der Waals surface area contributed by atoms with Crippen LogP contribution in [0, 0.1) is 6.92 Å². The van der Waals surface area contributed by atoms with Crippen molar-refractivity contribution in [2.75, 3.05) is 45.4 Å². The van der Waals surface area contributed by atoms with Crippen LogP contribution >= 0.6 is 0 Å². The molecule has 4 nitrogen and oxygen atoms in total. The lowest BCUT2D eigenvalue weighted by Crippen LogP contribution is -2.34. The third kappa shape index (κ3) is 6.04. The molecule has 0 bridgehead atoms. The Labute approximate surface area is 129 Å². The highest BCUT2D eigenvalue weighted by Gasteiger charge is 2.12. The van der Waals surface area contributed by atoms with Crippen molar-refractivity contribution in [1.29, 1.82) is 0 Å². The van der Waals surface area contributed by atoms with Gasteiger partial charge in [-0.3, -0.25) is 0 Å². The van der Waals surface area contributed by atoms with Crippen molar-refractivity contribution in [3.63, 3.8) is 0 Å². The van der Waals surface area contributed by atoms with Gasteiger partial charge in [-0.1, -0.05) is 12.1 Å². The van der Waals surface area contributed by atoms with E-state index in [1.165, 1.54) is 16.8 Å². The summed E-state index contributed by atoms with van der Waals surface area (Å²) in [6.45, 7) is 10.8. The highest BCUT2D eigenvalue weighted by Crippen LogP contribution is 2.23. The van der Waals surface area contributed by atoms with Gasteiger partial charge in [-0.15, -0.1) is 0 Å². The molecule has 0 saturated heterocycles. The van der Waals surface area contributed by atoms with Crippen LogP contribution in [0.3, 0.4) is 0 Å². The van der Waals surface area contributed by atoms with Gasteiger partial charge >= 0.3 is 0 Å². The molecule has 0 amide bonds. The molecule has 0 unspecified atom stereocenters. The Morgan fingerprint density at radius 3 is 2.43 bits per heavy atom. The minimum absolute atomic E-state index is 0.463. The summed E-state index contributed by atoms with van der Waals surface area (Å²) in [6.07, 6.45) is 0. The van der Waals surface area contributed by atoms with Crippen LogP contribution in [0.15, 0.2) is 18.2 Å². The van der Waals surface area contributed by atoms with Crippen LogP contribution in [0.4, 0.5) is 5.69 Å². The molecule has 0 aliphatic heterocycles. The summed E-state index contributed by atoms with van der Waals surface area (Å²) in [4.78, 5) is 2.39. The van der Waals surface area contributed by atoms with Gasteiger partial charge in [0.1, 0.15) is 0 Å². The van der Waals surface area contributed by atoms with Crippen molar-refractivity contribution in [2.24, 2.45) is 0 Å². The van der Waals surface area contributed by atoms with E-state index in [1.807, 2.05) is 0 Å². The fraction of sp³-hybridized carbons (Fsp3) is 0.647. The van der Waals surface area contributed by atoms with Gasteiger partial charge in [-0.05, 0) is 38.0 Å². The Kier molecular flexibility index (Phi) is 8.35. The van der Waals surface area contributed by atoms with Gasteiger partial charge in [0.2, 0.25) is 0 Å². The molecule has 1 rings (SSSR count). The van der Waals surface area contributed by atoms with E-state index in [9.17, 15) is 0 Å². The van der Waals surface area contributed by atoms with E-state index < -0.39 is 0 Å². The Bertz CT molecular complexity index is 408. The van der Waals surface area contributed by atoms with E-state index in [-0.39, 0.29) is 0 Å². The first-order valence-electron chi connectivity index (χ1n) is 7.65. The molecule has 0 atom stereocenters. The molecule has 21 heavy (non-hydrogen) atoms. The molecule has 1 aromatic rings. The van der Waals surface area contributed by atoms with E-state index in [1.54, 1.807) is 14.2 Å². The summed E-state index contributed by atoms with van der Waals surface area (Å²) in [7, 11) is 3.47. The third-order valence-corrected chi connectivity index (χ3v) is 3.54. The van der Waals surface area contributed by atoms with Crippen LogP contribution in [0.5, 0.6) is 0 Å². The van der Waals surface area contributed by atoms with Gasteiger partial charge < -0.3 is 19.7 Å². The molecule has 0 heterocycles. The van der Waals surface area contributed by atoms with Crippen molar-refractivity contribution in [3.8, 4) is 0 Å². The van der Waals surface area contributed by atoms with Crippen LogP contribution in [-0.4, -0.2) is 46.6 Å². The second kappa shape index (κ2) is 9.77. The van der Waals surface area contributed by atoms with Gasteiger partial charge in [-0.25, -0.2) is 0 Å². The largest absolute Gasteiger partial charge is 0.383 e. The van der Waals surface area contributed by atoms with E-state index in [4.69, 9.17) is 9.47 Å². The fourth-order valence-corrected chi connectivity index (χ4v) is 2.40. The van der Waals surface area contributed by atoms with Crippen molar-refractivity contribution in [3.05, 3.63) is 29.3 Å². The predicted molar refractivity (Wildman–Crippen MR) is 89.1 cm³/mol. The van der Waals surface area contributed by atoms with Crippen molar-refractivity contribution in [1.82, 2.24) is 5.32 Å². The number of aryl methyl sites for hydroxylation is 1. The first-order chi connectivity index (χ1) is 10.1. The smallest absolute Gasteiger partial charge is 0.0637 e. The first-order valence-corrected chi connectivity index (χ1v) is 7.65. The second-order valence-electron chi connectivity index (χ2n) is 5.57. The lowest BCUT2D eigenvalue weighted by molar-refractivity contribution is 0.199. The molecule has 0 spiro atoms. The van der Waals surface area contributed by atoms with Crippen molar-refractivity contribution >= 4 is 5.69 Å². The number of ether oxygens (including phenoxy) is 2. The maximum atomic E-state index is 5.22. The van der Waals surface area contributed by atoms with Crippen molar-refractivity contribution in [2.45, 2.75) is 33.4 Å². The first kappa shape index (κ1) is 18.0. The summed E-state index contributed by atoms with van der Waals surface area (Å²) < 4.78 is 10.3. The molecule has 1 aromatic carbocycles. The van der Waals surface area contributed by atoms with Crippen LogP contribution in [0.1, 0.15) is 25.0 Å². The molecule has 4 heteroatoms. The lowest BCUT2D eigenvalue weighted by atomic mass is 10.1. The molecular formula is C17H30N2O2. The zero-order chi connectivity index (χ0) is 15.7. The van der Waals surface area contributed by atoms with Crippen LogP contribution in [-0.2, 0) is 16.0 Å². The molecule has 0 aliphatic carbocycles. The number of hydrogen-bond donors (Lipinski definition) is 1. The summed E-state index contributed by atoms with van der Waals surface area (Å²) in [6, 6.07) is 7.14. The summed E-state index contributed by atoms with van der Waals surface area (Å²) in [5, 5.41) is 3.38. The average Bonchev–Trinajstić information content (AvgIpc) is 2.45. The SMILES string of the molecule is COCCNCc1ccc(N(CCOC)C(C)C)c(C)c1. The highest BCUT2D eigenvalue weighted by atomic mass is 16.5. The maximum absolute atomic E-state index is 5.22. The number of hydrogen-bond acceptors (Lipinski definition) is 4. The molecular weight excluding hydrogens is 264 g/mol. The number of rotatable bonds is 10. The molecule has 0 aromatic heterocycles. The lowest BCUT2D eigenvalue weighted by Gasteiger charge is -2.30. The van der Waals surface area contributed by atoms with Gasteiger partial charge in [-0.2, -0.15) is 0 Å². The molecule has 0 saturated carbocycles. The minimum atomic E-state index is 0.463. The Hall–Kier alpha value is -1.10. The van der Waals surface area contributed by atoms with Crippen LogP contribution in [0.25, 0.3) is 0 Å². The molecule has 120 valence electrons. The highest BCUT2D eigenvalue weighted by molar-refractivity contribution is 5.55. The zero-order valence-electron chi connectivity index (χ0n) is 14.1. The molecule has 1 N–H and O–H groups in total. The second-order valence-corrected chi connectivity index (χ2v) is 5.57. The van der Waals surface area contributed by atoms with Gasteiger partial charge in [0.25, 0.3) is 0 Å². The zero-order valence-corrected chi connectivity index (χ0v) is 14.1. The number of anilines is 1. The average molecular weight is 294 g/mol. The third-order valence-electron chi connectivity index (χ3n) is 3.54. The molecule has 0 fully saturated rings. The number of benzene rings is 1. The van der Waals surface area contributed by atoms with E-state index in [0.717, 1.165) is 32.8 Å². The Balaban J connectivity index is 2.70. The van der Waals surface area contributed by atoms with E-state index >= 15 is 0 Å². The van der Waals surface area contributed by atoms with Crippen molar-refractivity contribution < 1.29 is 9.47 Å². The monoisotopic (exact) mass is 294 g/mol. The summed E-state index contributed by atoms with van der Waals surface area (Å²) in [5.41, 5.74) is 3.91. The maximum Gasteiger partial charge on any atom is 0.0637 e. The Morgan fingerprint density at radius 2 is 1.86 bits per heavy atom. The standard InChI is InChI=1S/C17H30N2O2/c1-14(2)19(9-11-21-5)17-7-6-16(12-15(17)3)13-18-8-10-20-4/h6-7,12,14,18H,8-11,13H2,1-5H3. The predicted octanol–water partition coefficient (Wildman–Crippen LogP) is 2.59. The van der Waals surface area contributed by atoms with Gasteiger partial charge in [0.15, 0.2) is 0 Å². The molecule has 0 radical (unpaired) electrons. The van der Waals surface area contributed by atoms with Gasteiger partial charge in [0, 0.05) is 45.6 Å². The number of nitrogens with one attached hydrogen (secondary N) is 1. The van der Waals surface area contributed by atoms with E-state index in [0.29, 0.717) is 6.04 Å². The minimum Gasteiger partial charge on any atom is -0.383 e. The Morgan fingerprint density at radius 1 is 1.14 bits per heavy atom. The quantitative estimate of drug-likeness (QED) is 0.673. The van der Waals surface area contributed by atoms with Crippen LogP contribution in [0.2, 0.25) is 0 Å². The summed E-state index contributed by atoms with van der Waals surface area (Å²) in [5.74, 6) is 0. The number of nitrogens with zero attached hydrogens (tertiary/aromatic N) is 1. The normalized spacial score (nSPS) is 11.1. The fourth-order valence-electron chi connectivity index (χ4n) is 2.40. The summed E-state index contributed by atoms with van der Waals surface area (Å²) >= 11 is 0. The molecule has 0 aliphatic rings.